The Morgan fingerprint density at radius 2 is 1.94 bits per heavy atom. The van der Waals surface area contributed by atoms with Crippen LogP contribution in [0.4, 0.5) is 5.69 Å². The molecule has 0 spiro atoms. The van der Waals surface area contributed by atoms with Crippen LogP contribution < -0.4 is 17.1 Å². The van der Waals surface area contributed by atoms with Crippen molar-refractivity contribution in [1.82, 2.24) is 4.72 Å². The standard InChI is InChI=1S/C10H12N3O2S.ClH/c1-2-7-12-16(14,15)8-9-3-5-10(13-11)6-4-9;/h2-6,12H,1,7-8H2;1H/q+1;/p-1. The average molecular weight is 274 g/mol. The Morgan fingerprint density at radius 1 is 1.35 bits per heavy atom. The molecule has 0 aliphatic heterocycles. The van der Waals surface area contributed by atoms with Crippen molar-refractivity contribution in [3.63, 3.8) is 0 Å². The molecule has 17 heavy (non-hydrogen) atoms. The van der Waals surface area contributed by atoms with Crippen LogP contribution in [0.25, 0.3) is 4.98 Å². The lowest BCUT2D eigenvalue weighted by Crippen LogP contribution is -3.00. The number of hydrogen-bond donors (Lipinski definition) is 1. The molecule has 0 unspecified atom stereocenters. The first-order chi connectivity index (χ1) is 7.57. The first kappa shape index (κ1) is 15.6. The average Bonchev–Trinajstić information content (AvgIpc) is 2.27. The summed E-state index contributed by atoms with van der Waals surface area (Å²) in [7, 11) is -3.33. The molecular weight excluding hydrogens is 262 g/mol. The van der Waals surface area contributed by atoms with Crippen LogP contribution in [0.2, 0.25) is 0 Å². The van der Waals surface area contributed by atoms with Crippen molar-refractivity contribution in [1.29, 1.82) is 5.39 Å². The van der Waals surface area contributed by atoms with Gasteiger partial charge in [-0.1, -0.05) is 6.08 Å². The highest BCUT2D eigenvalue weighted by Crippen LogP contribution is 2.13. The van der Waals surface area contributed by atoms with Crippen LogP contribution in [-0.2, 0) is 15.8 Å². The Bertz CT molecular complexity index is 505. The van der Waals surface area contributed by atoms with Gasteiger partial charge in [-0.2, -0.15) is 0 Å². The SMILES string of the molecule is C=CCNS(=O)(=O)Cc1ccc([N+]#N)cc1.[Cl-]. The summed E-state index contributed by atoms with van der Waals surface area (Å²) < 4.78 is 25.3. The molecule has 0 aliphatic rings. The van der Waals surface area contributed by atoms with Crippen molar-refractivity contribution >= 4 is 15.7 Å². The van der Waals surface area contributed by atoms with Gasteiger partial charge in [-0.15, -0.1) is 6.58 Å². The summed E-state index contributed by atoms with van der Waals surface area (Å²) in [6.07, 6.45) is 1.48. The molecule has 0 heterocycles. The smallest absolute Gasteiger partial charge is 0.385 e. The van der Waals surface area contributed by atoms with Crippen molar-refractivity contribution in [2.24, 2.45) is 0 Å². The molecule has 0 aromatic heterocycles. The van der Waals surface area contributed by atoms with Gasteiger partial charge in [0.15, 0.2) is 4.98 Å². The zero-order valence-electron chi connectivity index (χ0n) is 9.01. The Hall–Kier alpha value is -1.42. The third kappa shape index (κ3) is 5.45. The van der Waals surface area contributed by atoms with E-state index in [9.17, 15) is 8.42 Å². The second-order valence-corrected chi connectivity index (χ2v) is 4.97. The number of rotatable bonds is 5. The van der Waals surface area contributed by atoms with Crippen LogP contribution in [0, 0.1) is 5.39 Å². The summed E-state index contributed by atoms with van der Waals surface area (Å²) in [5.41, 5.74) is 1.02. The maximum Gasteiger partial charge on any atom is 0.385 e. The van der Waals surface area contributed by atoms with Gasteiger partial charge in [0.1, 0.15) is 0 Å². The summed E-state index contributed by atoms with van der Waals surface area (Å²) in [5, 5.41) is 8.46. The first-order valence-corrected chi connectivity index (χ1v) is 6.25. The lowest BCUT2D eigenvalue weighted by Gasteiger charge is -2.03. The van der Waals surface area contributed by atoms with Gasteiger partial charge in [0.2, 0.25) is 15.4 Å². The van der Waals surface area contributed by atoms with Crippen LogP contribution in [0.5, 0.6) is 0 Å². The first-order valence-electron chi connectivity index (χ1n) is 4.59. The van der Waals surface area contributed by atoms with E-state index in [0.717, 1.165) is 0 Å². The number of sulfonamides is 1. The van der Waals surface area contributed by atoms with Gasteiger partial charge < -0.3 is 12.4 Å². The van der Waals surface area contributed by atoms with Crippen LogP contribution in [-0.4, -0.2) is 15.0 Å². The zero-order valence-corrected chi connectivity index (χ0v) is 10.6. The molecule has 0 aliphatic carbocycles. The fraction of sp³-hybridized carbons (Fsp3) is 0.200. The van der Waals surface area contributed by atoms with E-state index in [0.29, 0.717) is 11.3 Å². The zero-order chi connectivity index (χ0) is 12.0. The maximum atomic E-state index is 11.5. The topological polar surface area (TPSA) is 74.3 Å². The molecule has 92 valence electrons. The molecule has 0 fully saturated rings. The minimum Gasteiger partial charge on any atom is -1.00 e. The minimum atomic E-state index is -3.33. The highest BCUT2D eigenvalue weighted by molar-refractivity contribution is 7.88. The largest absolute Gasteiger partial charge is 1.00 e. The van der Waals surface area contributed by atoms with E-state index in [2.05, 4.69) is 16.3 Å². The fourth-order valence-corrected chi connectivity index (χ4v) is 2.22. The van der Waals surface area contributed by atoms with E-state index in [-0.39, 0.29) is 24.7 Å². The van der Waals surface area contributed by atoms with Crippen molar-refractivity contribution in [3.05, 3.63) is 47.5 Å². The molecule has 0 saturated carbocycles. The molecule has 0 atom stereocenters. The van der Waals surface area contributed by atoms with Gasteiger partial charge in [-0.05, 0) is 17.7 Å². The summed E-state index contributed by atoms with van der Waals surface area (Å²) in [4.78, 5) is 2.98. The fourth-order valence-electron chi connectivity index (χ4n) is 1.12. The van der Waals surface area contributed by atoms with Gasteiger partial charge in [-0.3, -0.25) is 0 Å². The van der Waals surface area contributed by atoms with Crippen LogP contribution >= 0.6 is 0 Å². The Kier molecular flexibility index (Phi) is 6.43. The lowest BCUT2D eigenvalue weighted by molar-refractivity contribution is -0.00000616. The lowest BCUT2D eigenvalue weighted by atomic mass is 10.2. The number of hydrogen-bond acceptors (Lipinski definition) is 3. The molecule has 0 amide bonds. The summed E-state index contributed by atoms with van der Waals surface area (Å²) in [6.45, 7) is 3.64. The summed E-state index contributed by atoms with van der Waals surface area (Å²) in [6, 6.07) is 6.28. The third-order valence-electron chi connectivity index (χ3n) is 1.86. The van der Waals surface area contributed by atoms with Crippen molar-refractivity contribution < 1.29 is 20.8 Å². The van der Waals surface area contributed by atoms with Gasteiger partial charge in [0.25, 0.3) is 0 Å². The number of benzene rings is 1. The monoisotopic (exact) mass is 273 g/mol. The molecule has 1 rings (SSSR count). The maximum absolute atomic E-state index is 11.5. The molecule has 0 saturated heterocycles. The highest BCUT2D eigenvalue weighted by Gasteiger charge is 2.11. The van der Waals surface area contributed by atoms with Crippen molar-refractivity contribution in [2.75, 3.05) is 6.54 Å². The normalized spacial score (nSPS) is 10.1. The molecule has 1 aromatic carbocycles. The third-order valence-corrected chi connectivity index (χ3v) is 3.18. The molecular formula is C10H12ClN3O2S. The van der Waals surface area contributed by atoms with E-state index >= 15 is 0 Å². The van der Waals surface area contributed by atoms with Crippen LogP contribution in [0.15, 0.2) is 36.9 Å². The molecule has 1 aromatic rings. The van der Waals surface area contributed by atoms with Crippen molar-refractivity contribution in [3.8, 4) is 0 Å². The number of nitrogens with one attached hydrogen (secondary N) is 1. The second kappa shape index (κ2) is 7.01. The second-order valence-electron chi connectivity index (χ2n) is 3.16. The summed E-state index contributed by atoms with van der Waals surface area (Å²) in [5.74, 6) is -0.105. The Balaban J connectivity index is 0.00000256. The highest BCUT2D eigenvalue weighted by atomic mass is 35.5. The van der Waals surface area contributed by atoms with Gasteiger partial charge in [-0.25, -0.2) is 13.1 Å². The van der Waals surface area contributed by atoms with Gasteiger partial charge in [0, 0.05) is 18.7 Å². The van der Waals surface area contributed by atoms with E-state index in [1.54, 1.807) is 24.3 Å². The van der Waals surface area contributed by atoms with Crippen LogP contribution in [0.1, 0.15) is 5.56 Å². The minimum absolute atomic E-state index is 0. The Labute approximate surface area is 107 Å². The van der Waals surface area contributed by atoms with E-state index in [1.165, 1.54) is 6.08 Å². The number of halogens is 1. The van der Waals surface area contributed by atoms with E-state index in [4.69, 9.17) is 5.39 Å². The van der Waals surface area contributed by atoms with Gasteiger partial charge >= 0.3 is 5.69 Å². The van der Waals surface area contributed by atoms with E-state index in [1.807, 2.05) is 0 Å². The predicted molar refractivity (Wildman–Crippen MR) is 62.0 cm³/mol. The molecule has 0 bridgehead atoms. The summed E-state index contributed by atoms with van der Waals surface area (Å²) >= 11 is 0. The molecule has 5 nitrogen and oxygen atoms in total. The molecule has 1 N–H and O–H groups in total. The molecule has 7 heteroatoms. The quantitative estimate of drug-likeness (QED) is 0.540. The number of nitrogens with zero attached hydrogens (tertiary/aromatic N) is 2. The van der Waals surface area contributed by atoms with Crippen molar-refractivity contribution in [2.45, 2.75) is 5.75 Å². The van der Waals surface area contributed by atoms with E-state index < -0.39 is 10.0 Å². The van der Waals surface area contributed by atoms with Gasteiger partial charge in [0.05, 0.1) is 5.75 Å². The Morgan fingerprint density at radius 3 is 2.41 bits per heavy atom. The molecule has 0 radical (unpaired) electrons. The number of diazo groups is 1. The van der Waals surface area contributed by atoms with Crippen LogP contribution in [0.3, 0.4) is 0 Å². The predicted octanol–water partition coefficient (Wildman–Crippen LogP) is -1.22.